The van der Waals surface area contributed by atoms with Gasteiger partial charge >= 0.3 is 0 Å². The van der Waals surface area contributed by atoms with E-state index in [0.29, 0.717) is 11.8 Å². The van der Waals surface area contributed by atoms with Crippen LogP contribution in [0.4, 0.5) is 0 Å². The molecule has 1 heterocycles. The summed E-state index contributed by atoms with van der Waals surface area (Å²) in [4.78, 5) is 9.46. The summed E-state index contributed by atoms with van der Waals surface area (Å²) in [5.41, 5.74) is 3.65. The topological polar surface area (TPSA) is 37.8 Å². The highest BCUT2D eigenvalue weighted by molar-refractivity contribution is 5.29. The highest BCUT2D eigenvalue weighted by Gasteiger charge is 2.23. The molecule has 2 rings (SSSR count). The molecule has 1 aliphatic rings. The first-order chi connectivity index (χ1) is 9.02. The van der Waals surface area contributed by atoms with Crippen LogP contribution in [0.5, 0.6) is 0 Å². The molecular formula is C16H27N3. The summed E-state index contributed by atoms with van der Waals surface area (Å²) in [6.45, 7) is 12.0. The Morgan fingerprint density at radius 2 is 1.68 bits per heavy atom. The Morgan fingerprint density at radius 3 is 2.16 bits per heavy atom. The molecule has 1 aliphatic carbocycles. The largest absolute Gasteiger partial charge is 0.313 e. The van der Waals surface area contributed by atoms with Gasteiger partial charge in [0.05, 0.1) is 0 Å². The van der Waals surface area contributed by atoms with Crippen LogP contribution in [0.1, 0.15) is 74.6 Å². The van der Waals surface area contributed by atoms with Gasteiger partial charge in [0.2, 0.25) is 0 Å². The summed E-state index contributed by atoms with van der Waals surface area (Å²) in [5.74, 6) is 1.95. The molecule has 1 aromatic rings. The number of aryl methyl sites for hydroxylation is 2. The molecule has 3 heteroatoms. The second kappa shape index (κ2) is 6.00. The third-order valence-electron chi connectivity index (χ3n) is 4.18. The fraction of sp³-hybridized carbons (Fsp3) is 0.750. The third-order valence-corrected chi connectivity index (χ3v) is 4.18. The zero-order valence-corrected chi connectivity index (χ0v) is 13.0. The number of rotatable bonds is 6. The Bertz CT molecular complexity index is 415. The third kappa shape index (κ3) is 3.53. The first kappa shape index (κ1) is 14.4. The Balaban J connectivity index is 2.14. The average molecular weight is 261 g/mol. The molecule has 1 saturated carbocycles. The Morgan fingerprint density at radius 1 is 1.11 bits per heavy atom. The SMILES string of the molecule is CCC(C)c1nc(C)c(C(C)CNC2CC2)c(C)n1. The van der Waals surface area contributed by atoms with Crippen LogP contribution < -0.4 is 5.32 Å². The van der Waals surface area contributed by atoms with Gasteiger partial charge in [0, 0.05) is 29.9 Å². The average Bonchev–Trinajstić information content (AvgIpc) is 3.18. The van der Waals surface area contributed by atoms with Crippen molar-refractivity contribution in [1.29, 1.82) is 0 Å². The molecule has 0 spiro atoms. The van der Waals surface area contributed by atoms with Gasteiger partial charge in [0.25, 0.3) is 0 Å². The van der Waals surface area contributed by atoms with Crippen molar-refractivity contribution in [1.82, 2.24) is 15.3 Å². The van der Waals surface area contributed by atoms with Crippen LogP contribution in [0.2, 0.25) is 0 Å². The van der Waals surface area contributed by atoms with Crippen molar-refractivity contribution in [2.24, 2.45) is 0 Å². The predicted molar refractivity (Wildman–Crippen MR) is 79.7 cm³/mol. The van der Waals surface area contributed by atoms with Crippen LogP contribution in [0.15, 0.2) is 0 Å². The van der Waals surface area contributed by atoms with Gasteiger partial charge in [-0.25, -0.2) is 9.97 Å². The number of hydrogen-bond donors (Lipinski definition) is 1. The molecule has 0 radical (unpaired) electrons. The number of hydrogen-bond acceptors (Lipinski definition) is 3. The minimum Gasteiger partial charge on any atom is -0.313 e. The van der Waals surface area contributed by atoms with Gasteiger partial charge < -0.3 is 5.32 Å². The van der Waals surface area contributed by atoms with Crippen LogP contribution in [0.3, 0.4) is 0 Å². The monoisotopic (exact) mass is 261 g/mol. The quantitative estimate of drug-likeness (QED) is 0.852. The molecule has 0 amide bonds. The van der Waals surface area contributed by atoms with Gasteiger partial charge in [-0.1, -0.05) is 20.8 Å². The first-order valence-corrected chi connectivity index (χ1v) is 7.61. The number of nitrogens with one attached hydrogen (secondary N) is 1. The van der Waals surface area contributed by atoms with Gasteiger partial charge in [0.15, 0.2) is 0 Å². The van der Waals surface area contributed by atoms with E-state index in [9.17, 15) is 0 Å². The van der Waals surface area contributed by atoms with Gasteiger partial charge in [-0.05, 0) is 44.6 Å². The van der Waals surface area contributed by atoms with E-state index < -0.39 is 0 Å². The van der Waals surface area contributed by atoms with Crippen molar-refractivity contribution in [3.63, 3.8) is 0 Å². The molecule has 0 bridgehead atoms. The van der Waals surface area contributed by atoms with E-state index in [-0.39, 0.29) is 0 Å². The minimum atomic E-state index is 0.450. The van der Waals surface area contributed by atoms with Crippen LogP contribution in [-0.2, 0) is 0 Å². The Hall–Kier alpha value is -0.960. The van der Waals surface area contributed by atoms with Gasteiger partial charge in [-0.2, -0.15) is 0 Å². The van der Waals surface area contributed by atoms with E-state index in [0.717, 1.165) is 36.2 Å². The fourth-order valence-corrected chi connectivity index (χ4v) is 2.60. The summed E-state index contributed by atoms with van der Waals surface area (Å²) < 4.78 is 0. The normalized spacial score (nSPS) is 18.4. The fourth-order valence-electron chi connectivity index (χ4n) is 2.60. The van der Waals surface area contributed by atoms with Gasteiger partial charge in [0.1, 0.15) is 5.82 Å². The Labute approximate surface area is 117 Å². The van der Waals surface area contributed by atoms with E-state index in [4.69, 9.17) is 9.97 Å². The molecule has 19 heavy (non-hydrogen) atoms. The highest BCUT2D eigenvalue weighted by Crippen LogP contribution is 2.25. The van der Waals surface area contributed by atoms with E-state index >= 15 is 0 Å². The molecule has 106 valence electrons. The molecule has 2 atom stereocenters. The van der Waals surface area contributed by atoms with E-state index in [1.54, 1.807) is 0 Å². The Kier molecular flexibility index (Phi) is 4.56. The second-order valence-electron chi connectivity index (χ2n) is 6.06. The lowest BCUT2D eigenvalue weighted by molar-refractivity contribution is 0.596. The first-order valence-electron chi connectivity index (χ1n) is 7.61. The maximum absolute atomic E-state index is 4.73. The van der Waals surface area contributed by atoms with Crippen LogP contribution in [0, 0.1) is 13.8 Å². The van der Waals surface area contributed by atoms with Crippen LogP contribution in [0.25, 0.3) is 0 Å². The van der Waals surface area contributed by atoms with Crippen molar-refractivity contribution < 1.29 is 0 Å². The summed E-state index contributed by atoms with van der Waals surface area (Å²) >= 11 is 0. The van der Waals surface area contributed by atoms with Crippen LogP contribution >= 0.6 is 0 Å². The van der Waals surface area contributed by atoms with Crippen molar-refractivity contribution in [3.8, 4) is 0 Å². The van der Waals surface area contributed by atoms with Gasteiger partial charge in [-0.15, -0.1) is 0 Å². The van der Waals surface area contributed by atoms with Crippen LogP contribution in [-0.4, -0.2) is 22.6 Å². The molecule has 0 aliphatic heterocycles. The van der Waals surface area contributed by atoms with Crippen molar-refractivity contribution >= 4 is 0 Å². The number of nitrogens with zero attached hydrogens (tertiary/aromatic N) is 2. The maximum atomic E-state index is 4.73. The molecule has 1 N–H and O–H groups in total. The lowest BCUT2D eigenvalue weighted by Crippen LogP contribution is -2.23. The smallest absolute Gasteiger partial charge is 0.131 e. The van der Waals surface area contributed by atoms with Gasteiger partial charge in [-0.3, -0.25) is 0 Å². The molecule has 1 aromatic heterocycles. The summed E-state index contributed by atoms with van der Waals surface area (Å²) in [5, 5.41) is 3.60. The molecule has 0 saturated heterocycles. The van der Waals surface area contributed by atoms with Crippen molar-refractivity contribution in [2.45, 2.75) is 71.8 Å². The van der Waals surface area contributed by atoms with Crippen molar-refractivity contribution in [2.75, 3.05) is 6.54 Å². The zero-order valence-electron chi connectivity index (χ0n) is 13.0. The minimum absolute atomic E-state index is 0.450. The lowest BCUT2D eigenvalue weighted by atomic mass is 9.97. The summed E-state index contributed by atoms with van der Waals surface area (Å²) in [7, 11) is 0. The van der Waals surface area contributed by atoms with E-state index in [2.05, 4.69) is 39.9 Å². The molecule has 0 aromatic carbocycles. The summed E-state index contributed by atoms with van der Waals surface area (Å²) in [6.07, 6.45) is 3.78. The lowest BCUT2D eigenvalue weighted by Gasteiger charge is -2.19. The van der Waals surface area contributed by atoms with Crippen molar-refractivity contribution in [3.05, 3.63) is 22.8 Å². The van der Waals surface area contributed by atoms with E-state index in [1.807, 2.05) is 0 Å². The molecule has 3 nitrogen and oxygen atoms in total. The number of aromatic nitrogens is 2. The second-order valence-corrected chi connectivity index (χ2v) is 6.06. The zero-order chi connectivity index (χ0) is 14.0. The molecular weight excluding hydrogens is 234 g/mol. The van der Waals surface area contributed by atoms with E-state index in [1.165, 1.54) is 18.4 Å². The maximum Gasteiger partial charge on any atom is 0.131 e. The standard InChI is InChI=1S/C16H27N3/c1-6-10(2)16-18-12(4)15(13(5)19-16)11(3)9-17-14-7-8-14/h10-11,14,17H,6-9H2,1-5H3. The highest BCUT2D eigenvalue weighted by atomic mass is 15.0. The molecule has 1 fully saturated rings. The predicted octanol–water partition coefficient (Wildman–Crippen LogP) is 3.46. The molecule has 2 unspecified atom stereocenters. The summed E-state index contributed by atoms with van der Waals surface area (Å²) in [6, 6.07) is 0.767.